The number of nitrogen functional groups attached to an aromatic ring is 1. The van der Waals surface area contributed by atoms with Crippen molar-refractivity contribution in [3.05, 3.63) is 54.5 Å². The number of cyclic esters (lactones) is 1. The number of benzene rings is 1. The summed E-state index contributed by atoms with van der Waals surface area (Å²) in [6.45, 7) is 8.73. The van der Waals surface area contributed by atoms with Gasteiger partial charge in [0.2, 0.25) is 0 Å². The molecule has 38 heavy (non-hydrogen) atoms. The molecule has 198 valence electrons. The molecule has 0 radical (unpaired) electrons. The Hall–Kier alpha value is -3.92. The third kappa shape index (κ3) is 4.28. The molecule has 2 aliphatic rings. The zero-order chi connectivity index (χ0) is 26.4. The standard InChI is InChI=1S/C28H33N7O3/c1-28(2,3)24-16-38-27(36)33(24)15-18-5-4-6-19(13-18)23-14-21(25-26(29)30-17-32-35(23)25)22-7-10-31-34(22)20-8-11-37-12-9-20/h4-7,10,13-14,17,20,24H,8-9,11-12,15-16H2,1-3H3,(H2,29,30,32). The molecule has 6 rings (SSSR count). The normalized spacial score (nSPS) is 18.9. The number of hydrogen-bond donors (Lipinski definition) is 1. The van der Waals surface area contributed by atoms with E-state index in [0.717, 1.165) is 59.7 Å². The number of nitrogens with two attached hydrogens (primary N) is 1. The van der Waals surface area contributed by atoms with E-state index < -0.39 is 0 Å². The Labute approximate surface area is 221 Å². The first-order valence-electron chi connectivity index (χ1n) is 13.1. The summed E-state index contributed by atoms with van der Waals surface area (Å²) in [7, 11) is 0. The molecule has 1 unspecified atom stereocenters. The van der Waals surface area contributed by atoms with Crippen molar-refractivity contribution in [2.45, 2.75) is 52.2 Å². The lowest BCUT2D eigenvalue weighted by Crippen LogP contribution is -2.41. The first-order chi connectivity index (χ1) is 18.3. The summed E-state index contributed by atoms with van der Waals surface area (Å²) in [5.74, 6) is 0.407. The third-order valence-corrected chi connectivity index (χ3v) is 7.62. The summed E-state index contributed by atoms with van der Waals surface area (Å²) >= 11 is 0. The topological polar surface area (TPSA) is 113 Å². The van der Waals surface area contributed by atoms with Gasteiger partial charge in [-0.3, -0.25) is 9.58 Å². The Morgan fingerprint density at radius 1 is 1.08 bits per heavy atom. The summed E-state index contributed by atoms with van der Waals surface area (Å²) in [5.41, 5.74) is 11.9. The van der Waals surface area contributed by atoms with Crippen LogP contribution in [0.25, 0.3) is 28.0 Å². The molecule has 0 saturated carbocycles. The number of rotatable bonds is 5. The number of anilines is 1. The maximum atomic E-state index is 12.6. The molecule has 1 aromatic carbocycles. The first-order valence-corrected chi connectivity index (χ1v) is 13.1. The Balaban J connectivity index is 1.40. The molecule has 10 heteroatoms. The average Bonchev–Trinajstić information content (AvgIpc) is 3.62. The number of amides is 1. The van der Waals surface area contributed by atoms with Crippen LogP contribution < -0.4 is 5.73 Å². The lowest BCUT2D eigenvalue weighted by molar-refractivity contribution is 0.0667. The van der Waals surface area contributed by atoms with E-state index in [1.807, 2.05) is 39.9 Å². The van der Waals surface area contributed by atoms with Gasteiger partial charge in [0.15, 0.2) is 5.82 Å². The van der Waals surface area contributed by atoms with E-state index in [0.29, 0.717) is 19.0 Å². The SMILES string of the molecule is CC(C)(C)C1COC(=O)N1Cc1cccc(-c2cc(-c3ccnn3C3CCOCC3)c3c(N)ncnn23)c1. The molecule has 2 N–H and O–H groups in total. The van der Waals surface area contributed by atoms with E-state index in [1.165, 1.54) is 6.33 Å². The van der Waals surface area contributed by atoms with E-state index in [4.69, 9.17) is 15.2 Å². The highest BCUT2D eigenvalue weighted by Gasteiger charge is 2.40. The minimum absolute atomic E-state index is 0.0115. The second-order valence-corrected chi connectivity index (χ2v) is 11.1. The van der Waals surface area contributed by atoms with Gasteiger partial charge in [0.25, 0.3) is 0 Å². The van der Waals surface area contributed by atoms with Crippen molar-refractivity contribution in [3.8, 4) is 22.5 Å². The van der Waals surface area contributed by atoms with Crippen LogP contribution >= 0.6 is 0 Å². The van der Waals surface area contributed by atoms with Crippen molar-refractivity contribution < 1.29 is 14.3 Å². The second kappa shape index (κ2) is 9.43. The molecule has 1 amide bonds. The first kappa shape index (κ1) is 24.4. The van der Waals surface area contributed by atoms with Crippen LogP contribution in [0.3, 0.4) is 0 Å². The van der Waals surface area contributed by atoms with Gasteiger partial charge in [0.05, 0.1) is 23.5 Å². The Bertz CT molecular complexity index is 1480. The van der Waals surface area contributed by atoms with Gasteiger partial charge in [-0.15, -0.1) is 0 Å². The molecule has 3 aromatic heterocycles. The van der Waals surface area contributed by atoms with Crippen molar-refractivity contribution in [1.82, 2.24) is 29.3 Å². The van der Waals surface area contributed by atoms with Crippen molar-refractivity contribution >= 4 is 17.4 Å². The summed E-state index contributed by atoms with van der Waals surface area (Å²) < 4.78 is 14.9. The van der Waals surface area contributed by atoms with Crippen LogP contribution in [0.1, 0.15) is 45.2 Å². The largest absolute Gasteiger partial charge is 0.447 e. The predicted octanol–water partition coefficient (Wildman–Crippen LogP) is 4.56. The third-order valence-electron chi connectivity index (χ3n) is 7.62. The molecule has 2 fully saturated rings. The molecule has 0 aliphatic carbocycles. The number of hydrogen-bond acceptors (Lipinski definition) is 7. The molecule has 4 aromatic rings. The van der Waals surface area contributed by atoms with E-state index in [9.17, 15) is 4.79 Å². The number of nitrogens with zero attached hydrogens (tertiary/aromatic N) is 6. The minimum atomic E-state index is -0.271. The molecule has 10 nitrogen and oxygen atoms in total. The summed E-state index contributed by atoms with van der Waals surface area (Å²) in [6.07, 6.45) is 4.86. The summed E-state index contributed by atoms with van der Waals surface area (Å²) in [6, 6.07) is 12.6. The quantitative estimate of drug-likeness (QED) is 0.415. The van der Waals surface area contributed by atoms with Crippen LogP contribution in [0, 0.1) is 5.41 Å². The molecule has 5 heterocycles. The smallest absolute Gasteiger partial charge is 0.410 e. The van der Waals surface area contributed by atoms with Gasteiger partial charge in [0.1, 0.15) is 18.5 Å². The average molecular weight is 516 g/mol. The van der Waals surface area contributed by atoms with Crippen molar-refractivity contribution in [1.29, 1.82) is 0 Å². The number of carbonyl (C=O) groups is 1. The molecular weight excluding hydrogens is 482 g/mol. The fourth-order valence-electron chi connectivity index (χ4n) is 5.59. The van der Waals surface area contributed by atoms with Crippen LogP contribution in [0.2, 0.25) is 0 Å². The van der Waals surface area contributed by atoms with Gasteiger partial charge in [-0.2, -0.15) is 10.2 Å². The molecule has 0 spiro atoms. The molecule has 0 bridgehead atoms. The van der Waals surface area contributed by atoms with Gasteiger partial charge < -0.3 is 15.2 Å². The van der Waals surface area contributed by atoms with Crippen LogP contribution in [0.15, 0.2) is 48.9 Å². The second-order valence-electron chi connectivity index (χ2n) is 11.1. The van der Waals surface area contributed by atoms with Gasteiger partial charge >= 0.3 is 6.09 Å². The van der Waals surface area contributed by atoms with Gasteiger partial charge in [-0.1, -0.05) is 39.0 Å². The number of carbonyl (C=O) groups excluding carboxylic acids is 1. The van der Waals surface area contributed by atoms with E-state index >= 15 is 0 Å². The van der Waals surface area contributed by atoms with Gasteiger partial charge in [-0.25, -0.2) is 14.3 Å². The zero-order valence-corrected chi connectivity index (χ0v) is 22.0. The van der Waals surface area contributed by atoms with Gasteiger partial charge in [-0.05, 0) is 42.0 Å². The van der Waals surface area contributed by atoms with Crippen LogP contribution in [0.4, 0.5) is 10.6 Å². The van der Waals surface area contributed by atoms with Crippen LogP contribution in [-0.2, 0) is 16.0 Å². The van der Waals surface area contributed by atoms with E-state index in [1.54, 1.807) is 0 Å². The molecule has 2 aliphatic heterocycles. The maximum absolute atomic E-state index is 12.6. The lowest BCUT2D eigenvalue weighted by Gasteiger charge is -2.32. The monoisotopic (exact) mass is 515 g/mol. The predicted molar refractivity (Wildman–Crippen MR) is 143 cm³/mol. The van der Waals surface area contributed by atoms with E-state index in [-0.39, 0.29) is 23.6 Å². The van der Waals surface area contributed by atoms with Crippen LogP contribution in [0.5, 0.6) is 0 Å². The Kier molecular flexibility index (Phi) is 6.06. The molecule has 2 saturated heterocycles. The number of fused-ring (bicyclic) bond motifs is 1. The van der Waals surface area contributed by atoms with Gasteiger partial charge in [0, 0.05) is 37.1 Å². The minimum Gasteiger partial charge on any atom is -0.447 e. The zero-order valence-electron chi connectivity index (χ0n) is 22.0. The lowest BCUT2D eigenvalue weighted by atomic mass is 9.86. The van der Waals surface area contributed by atoms with Crippen molar-refractivity contribution in [2.24, 2.45) is 5.41 Å². The van der Waals surface area contributed by atoms with Crippen molar-refractivity contribution in [3.63, 3.8) is 0 Å². The van der Waals surface area contributed by atoms with Crippen molar-refractivity contribution in [2.75, 3.05) is 25.6 Å². The summed E-state index contributed by atoms with van der Waals surface area (Å²) in [4.78, 5) is 18.7. The maximum Gasteiger partial charge on any atom is 0.410 e. The highest BCUT2D eigenvalue weighted by atomic mass is 16.6. The Morgan fingerprint density at radius 2 is 1.89 bits per heavy atom. The fourth-order valence-corrected chi connectivity index (χ4v) is 5.59. The summed E-state index contributed by atoms with van der Waals surface area (Å²) in [5, 5.41) is 9.23. The number of aromatic nitrogens is 5. The Morgan fingerprint density at radius 3 is 2.68 bits per heavy atom. The molecule has 1 atom stereocenters. The van der Waals surface area contributed by atoms with Crippen LogP contribution in [-0.4, -0.2) is 61.2 Å². The highest BCUT2D eigenvalue weighted by Crippen LogP contribution is 2.37. The fraction of sp³-hybridized carbons (Fsp3) is 0.429. The number of ether oxygens (including phenoxy) is 2. The van der Waals surface area contributed by atoms with E-state index in [2.05, 4.69) is 52.8 Å². The molecular formula is C28H33N7O3. The highest BCUT2D eigenvalue weighted by molar-refractivity contribution is 5.91.